The number of hydrogen-bond donors (Lipinski definition) is 3. The first-order valence-electron chi connectivity index (χ1n) is 7.26. The molecule has 118 valence electrons. The molecule has 7 heteroatoms. The van der Waals surface area contributed by atoms with E-state index in [1.54, 1.807) is 19.1 Å². The maximum atomic E-state index is 12.0. The Kier molecular flexibility index (Phi) is 5.08. The number of anilines is 2. The van der Waals surface area contributed by atoms with Crippen molar-refractivity contribution in [3.63, 3.8) is 0 Å². The zero-order valence-electron chi connectivity index (χ0n) is 12.6. The molecule has 0 atom stereocenters. The van der Waals surface area contributed by atoms with Crippen LogP contribution in [-0.2, 0) is 10.0 Å². The average molecular weight is 312 g/mol. The van der Waals surface area contributed by atoms with Crippen molar-refractivity contribution in [3.05, 3.63) is 18.2 Å². The molecule has 4 N–H and O–H groups in total. The van der Waals surface area contributed by atoms with E-state index in [2.05, 4.69) is 22.0 Å². The van der Waals surface area contributed by atoms with Crippen molar-refractivity contribution in [2.75, 3.05) is 37.7 Å². The molecular weight excluding hydrogens is 288 g/mol. The van der Waals surface area contributed by atoms with Gasteiger partial charge in [0, 0.05) is 12.6 Å². The first kappa shape index (κ1) is 16.1. The van der Waals surface area contributed by atoms with E-state index >= 15 is 0 Å². The van der Waals surface area contributed by atoms with Crippen molar-refractivity contribution in [1.29, 1.82) is 0 Å². The van der Waals surface area contributed by atoms with Crippen LogP contribution >= 0.6 is 0 Å². The standard InChI is InChI=1S/C14H24N4O2S/c1-3-16-21(19,20)12-4-5-13(15)14(10-12)17-11-6-8-18(2)9-7-11/h4-5,10-11,16-17H,3,6-9,15H2,1-2H3. The lowest BCUT2D eigenvalue weighted by atomic mass is 10.1. The van der Waals surface area contributed by atoms with Gasteiger partial charge in [-0.2, -0.15) is 0 Å². The van der Waals surface area contributed by atoms with E-state index in [0.29, 0.717) is 24.0 Å². The van der Waals surface area contributed by atoms with Crippen molar-refractivity contribution in [2.45, 2.75) is 30.7 Å². The van der Waals surface area contributed by atoms with Crippen molar-refractivity contribution in [3.8, 4) is 0 Å². The van der Waals surface area contributed by atoms with Gasteiger partial charge in [0.05, 0.1) is 16.3 Å². The van der Waals surface area contributed by atoms with E-state index in [9.17, 15) is 8.42 Å². The largest absolute Gasteiger partial charge is 0.397 e. The minimum absolute atomic E-state index is 0.244. The van der Waals surface area contributed by atoms with Gasteiger partial charge < -0.3 is 16.0 Å². The fourth-order valence-electron chi connectivity index (χ4n) is 2.47. The van der Waals surface area contributed by atoms with Gasteiger partial charge in [-0.1, -0.05) is 6.92 Å². The van der Waals surface area contributed by atoms with Crippen LogP contribution in [0.15, 0.2) is 23.1 Å². The van der Waals surface area contributed by atoms with Crippen LogP contribution in [0.2, 0.25) is 0 Å². The molecule has 2 rings (SSSR count). The molecular formula is C14H24N4O2S. The second-order valence-electron chi connectivity index (χ2n) is 5.47. The number of nitrogen functional groups attached to an aromatic ring is 1. The van der Waals surface area contributed by atoms with E-state index in [1.165, 1.54) is 6.07 Å². The number of likely N-dealkylation sites (tertiary alicyclic amines) is 1. The number of nitrogens with zero attached hydrogens (tertiary/aromatic N) is 1. The van der Waals surface area contributed by atoms with E-state index < -0.39 is 10.0 Å². The molecule has 0 unspecified atom stereocenters. The van der Waals surface area contributed by atoms with Gasteiger partial charge in [0.1, 0.15) is 0 Å². The van der Waals surface area contributed by atoms with Gasteiger partial charge in [0.25, 0.3) is 0 Å². The predicted octanol–water partition coefficient (Wildman–Crippen LogP) is 1.07. The Morgan fingerprint density at radius 2 is 2.00 bits per heavy atom. The quantitative estimate of drug-likeness (QED) is 0.708. The Hall–Kier alpha value is -1.31. The zero-order valence-corrected chi connectivity index (χ0v) is 13.4. The van der Waals surface area contributed by atoms with Crippen LogP contribution in [-0.4, -0.2) is 46.0 Å². The van der Waals surface area contributed by atoms with E-state index in [0.717, 1.165) is 25.9 Å². The smallest absolute Gasteiger partial charge is 0.240 e. The molecule has 0 bridgehead atoms. The third-order valence-corrected chi connectivity index (χ3v) is 5.29. The summed E-state index contributed by atoms with van der Waals surface area (Å²) in [4.78, 5) is 2.53. The number of hydrogen-bond acceptors (Lipinski definition) is 5. The molecule has 0 aromatic heterocycles. The monoisotopic (exact) mass is 312 g/mol. The van der Waals surface area contributed by atoms with Crippen molar-refractivity contribution < 1.29 is 8.42 Å². The van der Waals surface area contributed by atoms with Gasteiger partial charge >= 0.3 is 0 Å². The molecule has 1 saturated heterocycles. The second kappa shape index (κ2) is 6.64. The topological polar surface area (TPSA) is 87.5 Å². The molecule has 0 amide bonds. The molecule has 0 aliphatic carbocycles. The summed E-state index contributed by atoms with van der Waals surface area (Å²) < 4.78 is 26.6. The summed E-state index contributed by atoms with van der Waals surface area (Å²) in [6, 6.07) is 5.13. The van der Waals surface area contributed by atoms with Gasteiger partial charge in [0.2, 0.25) is 10.0 Å². The minimum atomic E-state index is -3.45. The fourth-order valence-corrected chi connectivity index (χ4v) is 3.54. The van der Waals surface area contributed by atoms with Crippen LogP contribution in [0.1, 0.15) is 19.8 Å². The first-order valence-corrected chi connectivity index (χ1v) is 8.75. The molecule has 6 nitrogen and oxygen atoms in total. The lowest BCUT2D eigenvalue weighted by Gasteiger charge is -2.30. The normalized spacial score (nSPS) is 17.8. The number of benzene rings is 1. The van der Waals surface area contributed by atoms with Gasteiger partial charge in [-0.3, -0.25) is 0 Å². The molecule has 0 spiro atoms. The lowest BCUT2D eigenvalue weighted by Crippen LogP contribution is -2.36. The van der Waals surface area contributed by atoms with E-state index in [4.69, 9.17) is 5.73 Å². The molecule has 1 heterocycles. The van der Waals surface area contributed by atoms with Crippen molar-refractivity contribution in [2.24, 2.45) is 0 Å². The van der Waals surface area contributed by atoms with Crippen LogP contribution in [0.25, 0.3) is 0 Å². The Morgan fingerprint density at radius 1 is 1.33 bits per heavy atom. The fraction of sp³-hybridized carbons (Fsp3) is 0.571. The van der Waals surface area contributed by atoms with Crippen LogP contribution in [0, 0.1) is 0 Å². The highest BCUT2D eigenvalue weighted by Crippen LogP contribution is 2.25. The maximum Gasteiger partial charge on any atom is 0.240 e. The Balaban J connectivity index is 2.16. The molecule has 1 aromatic rings. The minimum Gasteiger partial charge on any atom is -0.397 e. The third kappa shape index (κ3) is 4.09. The summed E-state index contributed by atoms with van der Waals surface area (Å²) in [5.74, 6) is 0. The molecule has 0 radical (unpaired) electrons. The lowest BCUT2D eigenvalue weighted by molar-refractivity contribution is 0.264. The van der Waals surface area contributed by atoms with Crippen LogP contribution in [0.3, 0.4) is 0 Å². The SMILES string of the molecule is CCNS(=O)(=O)c1ccc(N)c(NC2CCN(C)CC2)c1. The molecule has 1 fully saturated rings. The van der Waals surface area contributed by atoms with Crippen LogP contribution in [0.4, 0.5) is 11.4 Å². The average Bonchev–Trinajstić information content (AvgIpc) is 2.43. The molecule has 21 heavy (non-hydrogen) atoms. The van der Waals surface area contributed by atoms with Gasteiger partial charge in [-0.05, 0) is 51.2 Å². The highest BCUT2D eigenvalue weighted by Gasteiger charge is 2.19. The number of rotatable bonds is 5. The summed E-state index contributed by atoms with van der Waals surface area (Å²) in [7, 11) is -1.35. The molecule has 1 aliphatic rings. The van der Waals surface area contributed by atoms with E-state index in [1.807, 2.05) is 0 Å². The van der Waals surface area contributed by atoms with Gasteiger partial charge in [-0.15, -0.1) is 0 Å². The molecule has 0 saturated carbocycles. The Morgan fingerprint density at radius 3 is 2.62 bits per heavy atom. The highest BCUT2D eigenvalue weighted by atomic mass is 32.2. The van der Waals surface area contributed by atoms with E-state index in [-0.39, 0.29) is 4.90 Å². The predicted molar refractivity (Wildman–Crippen MR) is 85.9 cm³/mol. The Labute approximate surface area is 126 Å². The molecule has 1 aliphatic heterocycles. The highest BCUT2D eigenvalue weighted by molar-refractivity contribution is 7.89. The second-order valence-corrected chi connectivity index (χ2v) is 7.24. The number of sulfonamides is 1. The van der Waals surface area contributed by atoms with Crippen LogP contribution < -0.4 is 15.8 Å². The third-order valence-electron chi connectivity index (χ3n) is 3.75. The summed E-state index contributed by atoms with van der Waals surface area (Å²) in [5.41, 5.74) is 7.23. The van der Waals surface area contributed by atoms with Crippen molar-refractivity contribution in [1.82, 2.24) is 9.62 Å². The Bertz CT molecular complexity index is 581. The van der Waals surface area contributed by atoms with Crippen LogP contribution in [0.5, 0.6) is 0 Å². The summed E-state index contributed by atoms with van der Waals surface area (Å²) in [5, 5.41) is 3.38. The van der Waals surface area contributed by atoms with Crippen molar-refractivity contribution >= 4 is 21.4 Å². The number of nitrogens with one attached hydrogen (secondary N) is 2. The zero-order chi connectivity index (χ0) is 15.5. The summed E-state index contributed by atoms with van der Waals surface area (Å²) in [6.07, 6.45) is 2.06. The summed E-state index contributed by atoms with van der Waals surface area (Å²) in [6.45, 7) is 4.19. The molecule has 1 aromatic carbocycles. The van der Waals surface area contributed by atoms with Gasteiger partial charge in [0.15, 0.2) is 0 Å². The maximum absolute atomic E-state index is 12.0. The number of piperidine rings is 1. The number of nitrogens with two attached hydrogens (primary N) is 1. The summed E-state index contributed by atoms with van der Waals surface area (Å²) >= 11 is 0. The first-order chi connectivity index (χ1) is 9.92. The van der Waals surface area contributed by atoms with Gasteiger partial charge in [-0.25, -0.2) is 13.1 Å².